The van der Waals surface area contributed by atoms with Crippen LogP contribution in [0.25, 0.3) is 0 Å². The predicted octanol–water partition coefficient (Wildman–Crippen LogP) is 2.96. The number of methoxy groups -OCH3 is 1. The van der Waals surface area contributed by atoms with Crippen LogP contribution in [0.1, 0.15) is 54.1 Å². The first-order valence-corrected chi connectivity index (χ1v) is 12.1. The zero-order valence-electron chi connectivity index (χ0n) is 20.4. The number of ether oxygens (including phenoxy) is 3. The number of rotatable bonds is 8. The number of aromatic amines is 1. The molecule has 3 atom stereocenters. The number of benzene rings is 1. The molecule has 0 unspecified atom stereocenters. The monoisotopic (exact) mass is 511 g/mol. The molecule has 4 rings (SSSR count). The summed E-state index contributed by atoms with van der Waals surface area (Å²) in [6.07, 6.45) is 3.59. The maximum atomic E-state index is 12.5. The minimum atomic E-state index is -0.507. The molecule has 1 saturated carbocycles. The summed E-state index contributed by atoms with van der Waals surface area (Å²) in [6, 6.07) is 6.63. The number of phenolic OH excluding ortho intramolecular Hbond substituents is 1. The van der Waals surface area contributed by atoms with Crippen LogP contribution in [0.2, 0.25) is 0 Å². The first-order chi connectivity index (χ1) is 17.9. The Kier molecular flexibility index (Phi) is 8.12. The summed E-state index contributed by atoms with van der Waals surface area (Å²) >= 11 is 0. The number of H-pyrrole nitrogens is 1. The second kappa shape index (κ2) is 11.6. The molecule has 1 aliphatic carbocycles. The normalized spacial score (nSPS) is 21.1. The summed E-state index contributed by atoms with van der Waals surface area (Å²) in [5, 5.41) is 28.7. The number of anilines is 1. The van der Waals surface area contributed by atoms with Gasteiger partial charge >= 0.3 is 6.09 Å². The number of likely N-dealkylation sites (tertiary alicyclic amines) is 1. The van der Waals surface area contributed by atoms with Crippen LogP contribution >= 0.6 is 0 Å². The van der Waals surface area contributed by atoms with Crippen LogP contribution < -0.4 is 14.8 Å². The summed E-state index contributed by atoms with van der Waals surface area (Å²) in [6.45, 7) is 0.602. The third kappa shape index (κ3) is 6.30. The lowest BCUT2D eigenvalue weighted by atomic mass is 10.0. The number of amides is 2. The summed E-state index contributed by atoms with van der Waals surface area (Å²) in [7, 11) is 1.40. The van der Waals surface area contributed by atoms with Gasteiger partial charge in [0.05, 0.1) is 24.7 Å². The molecule has 2 aromatic rings. The third-order valence-corrected chi connectivity index (χ3v) is 6.63. The van der Waals surface area contributed by atoms with E-state index in [1.165, 1.54) is 19.2 Å². The highest BCUT2D eigenvalue weighted by Crippen LogP contribution is 2.36. The number of piperidine rings is 1. The largest absolute Gasteiger partial charge is 0.507 e. The quantitative estimate of drug-likeness (QED) is 0.451. The number of nitrogens with zero attached hydrogens (tertiary/aromatic N) is 3. The Labute approximate surface area is 213 Å². The molecule has 1 aromatic carbocycles. The van der Waals surface area contributed by atoms with Crippen molar-refractivity contribution in [1.82, 2.24) is 15.1 Å². The second-order valence-electron chi connectivity index (χ2n) is 9.15. The molecule has 2 heterocycles. The van der Waals surface area contributed by atoms with E-state index in [1.807, 2.05) is 0 Å². The number of aromatic hydroxyl groups is 1. The zero-order valence-corrected chi connectivity index (χ0v) is 20.4. The Hall–Kier alpha value is -4.27. The van der Waals surface area contributed by atoms with Gasteiger partial charge in [0.2, 0.25) is 0 Å². The maximum absolute atomic E-state index is 12.5. The van der Waals surface area contributed by atoms with Crippen molar-refractivity contribution >= 4 is 24.1 Å². The van der Waals surface area contributed by atoms with Gasteiger partial charge in [-0.05, 0) is 32.1 Å². The SMILES string of the molecule is COc1cc(O)c(C=O)c(OCC(=O)Nc2cc([C@H]3CC[C@@H](OC(=O)N4CCC[C@H](C#N)C4)C3)[nH]n2)c1. The minimum absolute atomic E-state index is 0.0176. The van der Waals surface area contributed by atoms with Crippen molar-refractivity contribution in [3.8, 4) is 23.3 Å². The van der Waals surface area contributed by atoms with Crippen molar-refractivity contribution in [2.45, 2.75) is 44.1 Å². The minimum Gasteiger partial charge on any atom is -0.507 e. The molecule has 2 amide bonds. The molecule has 12 heteroatoms. The molecule has 0 radical (unpaired) electrons. The van der Waals surface area contributed by atoms with Gasteiger partial charge in [-0.2, -0.15) is 10.4 Å². The van der Waals surface area contributed by atoms with E-state index in [0.717, 1.165) is 25.0 Å². The molecule has 1 aromatic heterocycles. The van der Waals surface area contributed by atoms with Gasteiger partial charge in [-0.15, -0.1) is 0 Å². The van der Waals surface area contributed by atoms with Crippen LogP contribution in [0.15, 0.2) is 18.2 Å². The molecule has 2 fully saturated rings. The van der Waals surface area contributed by atoms with Crippen LogP contribution in [0.4, 0.5) is 10.6 Å². The van der Waals surface area contributed by atoms with E-state index in [2.05, 4.69) is 21.6 Å². The van der Waals surface area contributed by atoms with Gasteiger partial charge in [-0.3, -0.25) is 14.7 Å². The number of nitriles is 1. The van der Waals surface area contributed by atoms with Crippen molar-refractivity contribution in [3.05, 3.63) is 29.5 Å². The van der Waals surface area contributed by atoms with Crippen LogP contribution in [-0.4, -0.2) is 71.4 Å². The predicted molar refractivity (Wildman–Crippen MR) is 130 cm³/mol. The lowest BCUT2D eigenvalue weighted by molar-refractivity contribution is -0.118. The molecule has 12 nitrogen and oxygen atoms in total. The molecule has 37 heavy (non-hydrogen) atoms. The van der Waals surface area contributed by atoms with Gasteiger partial charge in [0, 0.05) is 42.9 Å². The van der Waals surface area contributed by atoms with E-state index in [9.17, 15) is 19.5 Å². The third-order valence-electron chi connectivity index (χ3n) is 6.63. The molecule has 2 aliphatic rings. The fourth-order valence-electron chi connectivity index (χ4n) is 4.67. The van der Waals surface area contributed by atoms with Crippen LogP contribution in [0.3, 0.4) is 0 Å². The summed E-state index contributed by atoms with van der Waals surface area (Å²) in [5.41, 5.74) is 0.732. The molecule has 196 valence electrons. The number of nitrogens with one attached hydrogen (secondary N) is 2. The maximum Gasteiger partial charge on any atom is 0.410 e. The van der Waals surface area contributed by atoms with Crippen LogP contribution in [-0.2, 0) is 9.53 Å². The van der Waals surface area contributed by atoms with Gasteiger partial charge in [-0.25, -0.2) is 4.79 Å². The first-order valence-electron chi connectivity index (χ1n) is 12.1. The fourth-order valence-corrected chi connectivity index (χ4v) is 4.67. The second-order valence-corrected chi connectivity index (χ2v) is 9.15. The smallest absolute Gasteiger partial charge is 0.410 e. The van der Waals surface area contributed by atoms with Crippen LogP contribution in [0.5, 0.6) is 17.2 Å². The number of carbonyl (C=O) groups is 3. The first kappa shape index (κ1) is 25.8. The highest BCUT2D eigenvalue weighted by atomic mass is 16.6. The van der Waals surface area contributed by atoms with E-state index in [4.69, 9.17) is 19.5 Å². The lowest BCUT2D eigenvalue weighted by Gasteiger charge is -2.29. The number of phenols is 1. The van der Waals surface area contributed by atoms with E-state index >= 15 is 0 Å². The van der Waals surface area contributed by atoms with E-state index in [-0.39, 0.29) is 46.8 Å². The Morgan fingerprint density at radius 2 is 2.16 bits per heavy atom. The molecule has 3 N–H and O–H groups in total. The molecule has 1 aliphatic heterocycles. The summed E-state index contributed by atoms with van der Waals surface area (Å²) in [5.74, 6) is -0.268. The van der Waals surface area contributed by atoms with Crippen molar-refractivity contribution in [2.24, 2.45) is 5.92 Å². The van der Waals surface area contributed by atoms with E-state index in [1.54, 1.807) is 11.0 Å². The van der Waals surface area contributed by atoms with Crippen molar-refractivity contribution in [3.63, 3.8) is 0 Å². The van der Waals surface area contributed by atoms with Crippen molar-refractivity contribution in [1.29, 1.82) is 5.26 Å². The van der Waals surface area contributed by atoms with E-state index < -0.39 is 12.5 Å². The number of hydrogen-bond donors (Lipinski definition) is 3. The molecule has 1 saturated heterocycles. The van der Waals surface area contributed by atoms with Gasteiger partial charge < -0.3 is 29.5 Å². The molecule has 0 spiro atoms. The number of carbonyl (C=O) groups excluding carboxylic acids is 3. The Bertz CT molecular complexity index is 1190. The fraction of sp³-hybridized carbons (Fsp3) is 0.480. The highest BCUT2D eigenvalue weighted by molar-refractivity contribution is 5.91. The molecular weight excluding hydrogens is 482 g/mol. The molecular formula is C25H29N5O7. The van der Waals surface area contributed by atoms with Crippen molar-refractivity contribution in [2.75, 3.05) is 32.1 Å². The lowest BCUT2D eigenvalue weighted by Crippen LogP contribution is -2.41. The molecule has 0 bridgehead atoms. The summed E-state index contributed by atoms with van der Waals surface area (Å²) < 4.78 is 16.2. The topological polar surface area (TPSA) is 167 Å². The van der Waals surface area contributed by atoms with Gasteiger partial charge in [-0.1, -0.05) is 0 Å². The number of aldehydes is 1. The zero-order chi connectivity index (χ0) is 26.4. The van der Waals surface area contributed by atoms with Gasteiger partial charge in [0.1, 0.15) is 23.4 Å². The Balaban J connectivity index is 1.26. The average molecular weight is 512 g/mol. The Morgan fingerprint density at radius 3 is 2.92 bits per heavy atom. The Morgan fingerprint density at radius 1 is 1.32 bits per heavy atom. The average Bonchev–Trinajstić information content (AvgIpc) is 3.56. The summed E-state index contributed by atoms with van der Waals surface area (Å²) in [4.78, 5) is 37.8. The number of aromatic nitrogens is 2. The van der Waals surface area contributed by atoms with Gasteiger partial charge in [0.15, 0.2) is 18.7 Å². The number of hydrogen-bond acceptors (Lipinski definition) is 9. The van der Waals surface area contributed by atoms with Crippen molar-refractivity contribution < 1.29 is 33.7 Å². The highest BCUT2D eigenvalue weighted by Gasteiger charge is 2.32. The standard InChI is InChI=1S/C25H29N5O7/c1-35-18-8-21(32)19(13-31)22(9-18)36-14-24(33)27-23-10-20(28-29-23)16-4-5-17(7-16)37-25(34)30-6-2-3-15(11-26)12-30/h8-10,13,15-17,32H,2-7,12,14H2,1H3,(H2,27,28,29,33)/t15-,16+,17-/m1/s1. The van der Waals surface area contributed by atoms with E-state index in [0.29, 0.717) is 38.0 Å². The van der Waals surface area contributed by atoms with Gasteiger partial charge in [0.25, 0.3) is 5.91 Å². The van der Waals surface area contributed by atoms with Crippen LogP contribution in [0, 0.1) is 17.2 Å².